The highest BCUT2D eigenvalue weighted by Crippen LogP contribution is 2.22. The fourth-order valence-corrected chi connectivity index (χ4v) is 3.26. The van der Waals surface area contributed by atoms with Gasteiger partial charge in [0.15, 0.2) is 17.0 Å². The molecule has 0 atom stereocenters. The molecule has 1 aliphatic heterocycles. The minimum Gasteiger partial charge on any atom is -0.352 e. The van der Waals surface area contributed by atoms with E-state index in [2.05, 4.69) is 47.5 Å². The zero-order valence-electron chi connectivity index (χ0n) is 14.1. The predicted octanol–water partition coefficient (Wildman–Crippen LogP) is 0.902. The first-order valence-corrected chi connectivity index (χ1v) is 8.35. The second-order valence-corrected chi connectivity index (χ2v) is 6.19. The van der Waals surface area contributed by atoms with Crippen molar-refractivity contribution in [2.24, 2.45) is 7.05 Å². The SMILES string of the molecule is CCn1cnc2c(N3CCN(Cc4cnn(C)c4)CC3)ncnc21. The fourth-order valence-electron chi connectivity index (χ4n) is 3.26. The van der Waals surface area contributed by atoms with Gasteiger partial charge in [0.1, 0.15) is 6.33 Å². The van der Waals surface area contributed by atoms with Crippen LogP contribution in [0.2, 0.25) is 0 Å². The Bertz CT molecular complexity index is 828. The van der Waals surface area contributed by atoms with Crippen molar-refractivity contribution in [1.29, 1.82) is 0 Å². The molecule has 0 bridgehead atoms. The number of aromatic nitrogens is 6. The second-order valence-electron chi connectivity index (χ2n) is 6.19. The average molecular weight is 326 g/mol. The summed E-state index contributed by atoms with van der Waals surface area (Å²) in [7, 11) is 1.96. The van der Waals surface area contributed by atoms with Gasteiger partial charge in [0, 0.05) is 58.1 Å². The first-order valence-electron chi connectivity index (χ1n) is 8.35. The van der Waals surface area contributed by atoms with E-state index >= 15 is 0 Å². The van der Waals surface area contributed by atoms with Crippen LogP contribution in [0.25, 0.3) is 11.2 Å². The van der Waals surface area contributed by atoms with Gasteiger partial charge < -0.3 is 9.47 Å². The van der Waals surface area contributed by atoms with Crippen LogP contribution in [-0.2, 0) is 20.1 Å². The van der Waals surface area contributed by atoms with Crippen LogP contribution in [0.4, 0.5) is 5.82 Å². The van der Waals surface area contributed by atoms with Crippen molar-refractivity contribution in [3.05, 3.63) is 30.6 Å². The van der Waals surface area contributed by atoms with E-state index in [1.54, 1.807) is 6.33 Å². The van der Waals surface area contributed by atoms with Gasteiger partial charge in [0.05, 0.1) is 12.5 Å². The third-order valence-electron chi connectivity index (χ3n) is 4.56. The normalized spacial score (nSPS) is 16.2. The summed E-state index contributed by atoms with van der Waals surface area (Å²) in [6.45, 7) is 7.83. The lowest BCUT2D eigenvalue weighted by Crippen LogP contribution is -2.46. The summed E-state index contributed by atoms with van der Waals surface area (Å²) < 4.78 is 3.91. The number of piperazine rings is 1. The predicted molar refractivity (Wildman–Crippen MR) is 91.7 cm³/mol. The second kappa shape index (κ2) is 6.20. The van der Waals surface area contributed by atoms with E-state index in [1.807, 2.05) is 24.3 Å². The molecule has 0 aliphatic carbocycles. The lowest BCUT2D eigenvalue weighted by Gasteiger charge is -2.35. The van der Waals surface area contributed by atoms with Gasteiger partial charge >= 0.3 is 0 Å². The molecule has 24 heavy (non-hydrogen) atoms. The van der Waals surface area contributed by atoms with E-state index in [0.29, 0.717) is 0 Å². The zero-order chi connectivity index (χ0) is 16.5. The summed E-state index contributed by atoms with van der Waals surface area (Å²) in [5, 5.41) is 4.24. The molecule has 0 unspecified atom stereocenters. The third kappa shape index (κ3) is 2.73. The summed E-state index contributed by atoms with van der Waals surface area (Å²) in [5.74, 6) is 0.952. The van der Waals surface area contributed by atoms with Crippen molar-refractivity contribution in [1.82, 2.24) is 34.2 Å². The van der Waals surface area contributed by atoms with Crippen LogP contribution in [0.5, 0.6) is 0 Å². The van der Waals surface area contributed by atoms with Crippen LogP contribution in [-0.4, -0.2) is 60.4 Å². The molecule has 3 aromatic rings. The molecule has 0 spiro atoms. The zero-order valence-corrected chi connectivity index (χ0v) is 14.1. The molecule has 126 valence electrons. The molecule has 1 saturated heterocycles. The summed E-state index contributed by atoms with van der Waals surface area (Å²) in [5.41, 5.74) is 3.08. The van der Waals surface area contributed by atoms with Gasteiger partial charge in [-0.05, 0) is 6.92 Å². The highest BCUT2D eigenvalue weighted by molar-refractivity contribution is 5.83. The first kappa shape index (κ1) is 15.1. The lowest BCUT2D eigenvalue weighted by atomic mass is 10.2. The summed E-state index contributed by atoms with van der Waals surface area (Å²) in [6, 6.07) is 0. The molecule has 3 aromatic heterocycles. The quantitative estimate of drug-likeness (QED) is 0.710. The Kier molecular flexibility index (Phi) is 3.89. The van der Waals surface area contributed by atoms with E-state index < -0.39 is 0 Å². The molecule has 1 aliphatic rings. The van der Waals surface area contributed by atoms with Gasteiger partial charge in [-0.2, -0.15) is 5.10 Å². The highest BCUT2D eigenvalue weighted by atomic mass is 15.3. The molecule has 1 fully saturated rings. The van der Waals surface area contributed by atoms with E-state index in [9.17, 15) is 0 Å². The molecular weight excluding hydrogens is 304 g/mol. The Morgan fingerprint density at radius 2 is 1.92 bits per heavy atom. The van der Waals surface area contributed by atoms with E-state index in [0.717, 1.165) is 56.3 Å². The number of aryl methyl sites for hydroxylation is 2. The lowest BCUT2D eigenvalue weighted by molar-refractivity contribution is 0.249. The number of nitrogens with zero attached hydrogens (tertiary/aromatic N) is 8. The van der Waals surface area contributed by atoms with Crippen LogP contribution >= 0.6 is 0 Å². The molecular formula is C16H22N8. The van der Waals surface area contributed by atoms with Crippen molar-refractivity contribution in [3.63, 3.8) is 0 Å². The number of hydrogen-bond acceptors (Lipinski definition) is 6. The number of hydrogen-bond donors (Lipinski definition) is 0. The Balaban J connectivity index is 1.47. The van der Waals surface area contributed by atoms with Crippen molar-refractivity contribution in [3.8, 4) is 0 Å². The van der Waals surface area contributed by atoms with Crippen molar-refractivity contribution in [2.75, 3.05) is 31.1 Å². The van der Waals surface area contributed by atoms with Gasteiger partial charge in [0.25, 0.3) is 0 Å². The molecule has 4 heterocycles. The van der Waals surface area contributed by atoms with Gasteiger partial charge in [0.2, 0.25) is 0 Å². The number of imidazole rings is 1. The van der Waals surface area contributed by atoms with E-state index in [1.165, 1.54) is 5.56 Å². The fraction of sp³-hybridized carbons (Fsp3) is 0.500. The Morgan fingerprint density at radius 1 is 1.08 bits per heavy atom. The highest BCUT2D eigenvalue weighted by Gasteiger charge is 2.21. The Labute approximate surface area is 140 Å². The maximum Gasteiger partial charge on any atom is 0.165 e. The van der Waals surface area contributed by atoms with Crippen LogP contribution in [0.15, 0.2) is 25.0 Å². The van der Waals surface area contributed by atoms with Crippen LogP contribution in [0, 0.1) is 0 Å². The summed E-state index contributed by atoms with van der Waals surface area (Å²) >= 11 is 0. The molecule has 0 amide bonds. The van der Waals surface area contributed by atoms with E-state index in [-0.39, 0.29) is 0 Å². The average Bonchev–Trinajstić information content (AvgIpc) is 3.21. The smallest absolute Gasteiger partial charge is 0.165 e. The van der Waals surface area contributed by atoms with Gasteiger partial charge in [-0.15, -0.1) is 0 Å². The first-order chi connectivity index (χ1) is 11.7. The molecule has 8 heteroatoms. The topological polar surface area (TPSA) is 67.9 Å². The van der Waals surface area contributed by atoms with Crippen LogP contribution < -0.4 is 4.90 Å². The molecule has 0 radical (unpaired) electrons. The van der Waals surface area contributed by atoms with Crippen LogP contribution in [0.3, 0.4) is 0 Å². The standard InChI is InChI=1S/C16H22N8/c1-3-23-12-19-14-15(23)17-11-18-16(14)24-6-4-22(5-7-24)10-13-8-20-21(2)9-13/h8-9,11-12H,3-7,10H2,1-2H3. The van der Waals surface area contributed by atoms with Gasteiger partial charge in [-0.25, -0.2) is 15.0 Å². The van der Waals surface area contributed by atoms with Crippen molar-refractivity contribution < 1.29 is 0 Å². The van der Waals surface area contributed by atoms with Gasteiger partial charge in [-0.3, -0.25) is 9.58 Å². The van der Waals surface area contributed by atoms with Crippen molar-refractivity contribution in [2.45, 2.75) is 20.0 Å². The van der Waals surface area contributed by atoms with Crippen molar-refractivity contribution >= 4 is 17.0 Å². The van der Waals surface area contributed by atoms with Gasteiger partial charge in [-0.1, -0.05) is 0 Å². The maximum absolute atomic E-state index is 4.53. The Hall–Kier alpha value is -2.48. The summed E-state index contributed by atoms with van der Waals surface area (Å²) in [4.78, 5) is 18.2. The number of anilines is 1. The molecule has 4 rings (SSSR count). The molecule has 0 saturated carbocycles. The minimum atomic E-state index is 0.867. The Morgan fingerprint density at radius 3 is 2.62 bits per heavy atom. The van der Waals surface area contributed by atoms with Crippen LogP contribution in [0.1, 0.15) is 12.5 Å². The third-order valence-corrected chi connectivity index (χ3v) is 4.56. The molecule has 0 aromatic carbocycles. The molecule has 8 nitrogen and oxygen atoms in total. The number of rotatable bonds is 4. The minimum absolute atomic E-state index is 0.867. The maximum atomic E-state index is 4.53. The molecule has 0 N–H and O–H groups in total. The monoisotopic (exact) mass is 326 g/mol. The van der Waals surface area contributed by atoms with E-state index in [4.69, 9.17) is 0 Å². The largest absolute Gasteiger partial charge is 0.352 e. The number of fused-ring (bicyclic) bond motifs is 1. The summed E-state index contributed by atoms with van der Waals surface area (Å²) in [6.07, 6.45) is 7.52.